The highest BCUT2D eigenvalue weighted by molar-refractivity contribution is 7.89. The van der Waals surface area contributed by atoms with Crippen LogP contribution >= 0.6 is 0 Å². The van der Waals surface area contributed by atoms with E-state index in [9.17, 15) is 8.42 Å². The van der Waals surface area contributed by atoms with E-state index >= 15 is 0 Å². The number of primary sulfonamides is 1. The maximum atomic E-state index is 10.9. The Bertz CT molecular complexity index is 466. The molecule has 0 saturated carbocycles. The zero-order valence-electron chi connectivity index (χ0n) is 7.40. The van der Waals surface area contributed by atoms with Crippen molar-refractivity contribution in [1.82, 2.24) is 0 Å². The summed E-state index contributed by atoms with van der Waals surface area (Å²) < 4.78 is 21.8. The lowest BCUT2D eigenvalue weighted by Gasteiger charge is -1.96. The van der Waals surface area contributed by atoms with Crippen LogP contribution in [0.3, 0.4) is 0 Å². The van der Waals surface area contributed by atoms with E-state index in [0.29, 0.717) is 5.56 Å². The highest BCUT2D eigenvalue weighted by Gasteiger charge is 2.05. The quantitative estimate of drug-likeness (QED) is 0.621. The van der Waals surface area contributed by atoms with Gasteiger partial charge in [-0.2, -0.15) is 0 Å². The minimum absolute atomic E-state index is 0.0794. The zero-order chi connectivity index (χ0) is 10.6. The van der Waals surface area contributed by atoms with E-state index in [1.165, 1.54) is 12.1 Å². The Labute approximate surface area is 83.0 Å². The second-order valence-electron chi connectivity index (χ2n) is 2.58. The van der Waals surface area contributed by atoms with Crippen LogP contribution in [0.15, 0.2) is 29.2 Å². The van der Waals surface area contributed by atoms with Crippen LogP contribution in [0.25, 0.3) is 0 Å². The first-order valence-electron chi connectivity index (χ1n) is 3.86. The number of nitrogens with two attached hydrogens (primary N) is 2. The summed E-state index contributed by atoms with van der Waals surface area (Å²) in [6.45, 7) is 0.275. The van der Waals surface area contributed by atoms with Gasteiger partial charge in [0.25, 0.3) is 0 Å². The predicted octanol–water partition coefficient (Wildman–Crippen LogP) is -0.356. The van der Waals surface area contributed by atoms with Crippen LogP contribution in [0.5, 0.6) is 0 Å². The fourth-order valence-corrected chi connectivity index (χ4v) is 1.40. The molecule has 0 unspecified atom stereocenters. The topological polar surface area (TPSA) is 86.2 Å². The third kappa shape index (κ3) is 2.85. The average molecular weight is 210 g/mol. The molecule has 0 aliphatic carbocycles. The Morgan fingerprint density at radius 3 is 2.21 bits per heavy atom. The lowest BCUT2D eigenvalue weighted by Crippen LogP contribution is -2.11. The molecular weight excluding hydrogens is 200 g/mol. The molecule has 0 spiro atoms. The molecule has 0 radical (unpaired) electrons. The van der Waals surface area contributed by atoms with Gasteiger partial charge < -0.3 is 5.73 Å². The van der Waals surface area contributed by atoms with Crippen LogP contribution in [-0.4, -0.2) is 15.0 Å². The molecule has 0 saturated heterocycles. The molecule has 14 heavy (non-hydrogen) atoms. The number of hydrogen-bond acceptors (Lipinski definition) is 3. The van der Waals surface area contributed by atoms with Crippen LogP contribution < -0.4 is 10.9 Å². The van der Waals surface area contributed by atoms with Gasteiger partial charge in [0.2, 0.25) is 10.0 Å². The van der Waals surface area contributed by atoms with Gasteiger partial charge in [0, 0.05) is 5.56 Å². The summed E-state index contributed by atoms with van der Waals surface area (Å²) in [6.07, 6.45) is 0. The Hall–Kier alpha value is -1.35. The lowest BCUT2D eigenvalue weighted by atomic mass is 10.2. The van der Waals surface area contributed by atoms with Crippen molar-refractivity contribution in [1.29, 1.82) is 0 Å². The summed E-state index contributed by atoms with van der Waals surface area (Å²) in [5, 5.41) is 4.92. The molecule has 1 aromatic rings. The van der Waals surface area contributed by atoms with Crippen molar-refractivity contribution in [2.45, 2.75) is 4.90 Å². The monoisotopic (exact) mass is 210 g/mol. The SMILES string of the molecule is NCC#Cc1ccc(S(N)(=O)=O)cc1. The molecule has 4 N–H and O–H groups in total. The molecule has 0 heterocycles. The average Bonchev–Trinajstić information content (AvgIpc) is 2.14. The number of sulfonamides is 1. The predicted molar refractivity (Wildman–Crippen MR) is 53.7 cm³/mol. The standard InChI is InChI=1S/C9H10N2O2S/c10-7-1-2-8-3-5-9(6-4-8)14(11,12)13/h3-6H,7,10H2,(H2,11,12,13). The first-order chi connectivity index (χ1) is 6.54. The summed E-state index contributed by atoms with van der Waals surface area (Å²) in [6, 6.07) is 6.00. The van der Waals surface area contributed by atoms with Crippen molar-refractivity contribution in [2.75, 3.05) is 6.54 Å². The van der Waals surface area contributed by atoms with Gasteiger partial charge in [-0.3, -0.25) is 0 Å². The fraction of sp³-hybridized carbons (Fsp3) is 0.111. The minimum atomic E-state index is -3.61. The number of rotatable bonds is 1. The maximum absolute atomic E-state index is 10.9. The van der Waals surface area contributed by atoms with Gasteiger partial charge in [-0.15, -0.1) is 0 Å². The third-order valence-electron chi connectivity index (χ3n) is 1.52. The summed E-state index contributed by atoms with van der Waals surface area (Å²) >= 11 is 0. The van der Waals surface area contributed by atoms with E-state index in [1.807, 2.05) is 0 Å². The van der Waals surface area contributed by atoms with Crippen molar-refractivity contribution in [3.63, 3.8) is 0 Å². The molecule has 0 atom stereocenters. The molecule has 5 heteroatoms. The highest BCUT2D eigenvalue weighted by atomic mass is 32.2. The fourth-order valence-electron chi connectivity index (χ4n) is 0.881. The van der Waals surface area contributed by atoms with Gasteiger partial charge in [0.15, 0.2) is 0 Å². The molecule has 0 fully saturated rings. The van der Waals surface area contributed by atoms with E-state index in [4.69, 9.17) is 10.9 Å². The van der Waals surface area contributed by atoms with Gasteiger partial charge in [0.1, 0.15) is 0 Å². The molecule has 1 rings (SSSR count). The van der Waals surface area contributed by atoms with Gasteiger partial charge >= 0.3 is 0 Å². The van der Waals surface area contributed by atoms with E-state index in [-0.39, 0.29) is 11.4 Å². The molecule has 0 bridgehead atoms. The first-order valence-corrected chi connectivity index (χ1v) is 5.40. The first kappa shape index (κ1) is 10.7. The van der Waals surface area contributed by atoms with Crippen LogP contribution in [0.4, 0.5) is 0 Å². The highest BCUT2D eigenvalue weighted by Crippen LogP contribution is 2.07. The van der Waals surface area contributed by atoms with Crippen LogP contribution in [-0.2, 0) is 10.0 Å². The second kappa shape index (κ2) is 4.24. The Kier molecular flexibility index (Phi) is 3.25. The van der Waals surface area contributed by atoms with Crippen molar-refractivity contribution < 1.29 is 8.42 Å². The van der Waals surface area contributed by atoms with Gasteiger partial charge in [0.05, 0.1) is 11.4 Å². The Morgan fingerprint density at radius 1 is 1.21 bits per heavy atom. The number of benzene rings is 1. The minimum Gasteiger partial charge on any atom is -0.320 e. The van der Waals surface area contributed by atoms with Crippen molar-refractivity contribution in [3.8, 4) is 11.8 Å². The summed E-state index contributed by atoms with van der Waals surface area (Å²) in [7, 11) is -3.61. The van der Waals surface area contributed by atoms with Crippen LogP contribution in [0, 0.1) is 11.8 Å². The zero-order valence-corrected chi connectivity index (χ0v) is 8.21. The third-order valence-corrected chi connectivity index (χ3v) is 2.45. The normalized spacial score (nSPS) is 10.4. The molecular formula is C9H10N2O2S. The van der Waals surface area contributed by atoms with Crippen LogP contribution in [0.2, 0.25) is 0 Å². The maximum Gasteiger partial charge on any atom is 0.238 e. The molecule has 0 amide bonds. The van der Waals surface area contributed by atoms with E-state index in [1.54, 1.807) is 12.1 Å². The summed E-state index contributed by atoms with van der Waals surface area (Å²) in [5.41, 5.74) is 5.90. The number of hydrogen-bond donors (Lipinski definition) is 2. The Balaban J connectivity index is 3.01. The van der Waals surface area contributed by atoms with E-state index < -0.39 is 10.0 Å². The summed E-state index contributed by atoms with van der Waals surface area (Å²) in [5.74, 6) is 5.43. The lowest BCUT2D eigenvalue weighted by molar-refractivity contribution is 0.598. The molecule has 4 nitrogen and oxygen atoms in total. The van der Waals surface area contributed by atoms with Crippen molar-refractivity contribution in [3.05, 3.63) is 29.8 Å². The molecule has 74 valence electrons. The smallest absolute Gasteiger partial charge is 0.238 e. The Morgan fingerprint density at radius 2 is 1.79 bits per heavy atom. The molecule has 0 aliphatic heterocycles. The summed E-state index contributed by atoms with van der Waals surface area (Å²) in [4.78, 5) is 0.0794. The van der Waals surface area contributed by atoms with Crippen LogP contribution in [0.1, 0.15) is 5.56 Å². The van der Waals surface area contributed by atoms with Gasteiger partial charge in [-0.1, -0.05) is 11.8 Å². The van der Waals surface area contributed by atoms with Gasteiger partial charge in [-0.05, 0) is 24.3 Å². The largest absolute Gasteiger partial charge is 0.320 e. The van der Waals surface area contributed by atoms with Crippen molar-refractivity contribution in [2.24, 2.45) is 10.9 Å². The van der Waals surface area contributed by atoms with Gasteiger partial charge in [-0.25, -0.2) is 13.6 Å². The molecule has 1 aromatic carbocycles. The second-order valence-corrected chi connectivity index (χ2v) is 4.14. The molecule has 0 aromatic heterocycles. The van der Waals surface area contributed by atoms with E-state index in [0.717, 1.165) is 0 Å². The van der Waals surface area contributed by atoms with Crippen molar-refractivity contribution >= 4 is 10.0 Å². The molecule has 0 aliphatic rings. The van der Waals surface area contributed by atoms with E-state index in [2.05, 4.69) is 11.8 Å².